The number of halogens is 2. The van der Waals surface area contributed by atoms with Crippen LogP contribution in [0.4, 0.5) is 8.78 Å². The molecule has 0 saturated carbocycles. The summed E-state index contributed by atoms with van der Waals surface area (Å²) < 4.78 is 33.3. The van der Waals surface area contributed by atoms with Crippen LogP contribution in [0.25, 0.3) is 22.7 Å². The predicted octanol–water partition coefficient (Wildman–Crippen LogP) is 4.62. The number of hydrogen-bond donors (Lipinski definition) is 2. The molecule has 1 aromatic heterocycles. The Morgan fingerprint density at radius 2 is 1.61 bits per heavy atom. The standard InChI is InChI=1S/C22H14F2N2O2/c23-14-2-4-16-13(9-14)11-28-21-10-15(24)3-5-17(21)18(16)7-12-1-6-19-20(8-12)26-22(27)25-19/h1-10H,11H2,(H2,25,26,27). The fourth-order valence-electron chi connectivity index (χ4n) is 3.55. The maximum atomic E-state index is 13.8. The molecule has 138 valence electrons. The molecule has 28 heavy (non-hydrogen) atoms. The van der Waals surface area contributed by atoms with E-state index in [2.05, 4.69) is 9.97 Å². The lowest BCUT2D eigenvalue weighted by atomic mass is 9.92. The van der Waals surface area contributed by atoms with Crippen molar-refractivity contribution in [3.63, 3.8) is 0 Å². The van der Waals surface area contributed by atoms with Crippen molar-refractivity contribution in [1.82, 2.24) is 9.97 Å². The molecule has 0 amide bonds. The minimum atomic E-state index is -0.401. The highest BCUT2D eigenvalue weighted by Crippen LogP contribution is 2.38. The number of benzene rings is 3. The largest absolute Gasteiger partial charge is 0.488 e. The normalized spacial score (nSPS) is 14.4. The van der Waals surface area contributed by atoms with Gasteiger partial charge in [0.05, 0.1) is 11.0 Å². The molecule has 1 aliphatic rings. The van der Waals surface area contributed by atoms with E-state index in [9.17, 15) is 13.6 Å². The molecule has 0 radical (unpaired) electrons. The van der Waals surface area contributed by atoms with Crippen molar-refractivity contribution >= 4 is 22.7 Å². The van der Waals surface area contributed by atoms with E-state index < -0.39 is 5.82 Å². The van der Waals surface area contributed by atoms with Crippen LogP contribution >= 0.6 is 0 Å². The van der Waals surface area contributed by atoms with Crippen LogP contribution in [0.2, 0.25) is 0 Å². The molecule has 0 spiro atoms. The van der Waals surface area contributed by atoms with Gasteiger partial charge in [0.25, 0.3) is 0 Å². The van der Waals surface area contributed by atoms with Crippen LogP contribution in [-0.4, -0.2) is 9.97 Å². The van der Waals surface area contributed by atoms with E-state index in [1.807, 2.05) is 24.3 Å². The summed E-state index contributed by atoms with van der Waals surface area (Å²) in [5.74, 6) is -0.356. The first kappa shape index (κ1) is 16.5. The summed E-state index contributed by atoms with van der Waals surface area (Å²) in [6, 6.07) is 14.4. The topological polar surface area (TPSA) is 57.9 Å². The lowest BCUT2D eigenvalue weighted by molar-refractivity contribution is 0.305. The van der Waals surface area contributed by atoms with Crippen molar-refractivity contribution in [2.75, 3.05) is 0 Å². The molecule has 6 heteroatoms. The molecule has 3 aromatic carbocycles. The summed E-state index contributed by atoms with van der Waals surface area (Å²) in [6.07, 6.45) is 1.92. The van der Waals surface area contributed by atoms with Crippen molar-refractivity contribution < 1.29 is 13.5 Å². The number of aromatic nitrogens is 2. The summed E-state index contributed by atoms with van der Waals surface area (Å²) in [5, 5.41) is 0. The van der Waals surface area contributed by atoms with Gasteiger partial charge in [-0.25, -0.2) is 13.6 Å². The summed E-state index contributed by atoms with van der Waals surface area (Å²) in [6.45, 7) is 0.144. The zero-order chi connectivity index (χ0) is 19.3. The Morgan fingerprint density at radius 1 is 0.857 bits per heavy atom. The Morgan fingerprint density at radius 3 is 2.46 bits per heavy atom. The summed E-state index contributed by atoms with van der Waals surface area (Å²) in [7, 11) is 0. The van der Waals surface area contributed by atoms with Gasteiger partial charge in [0.2, 0.25) is 0 Å². The van der Waals surface area contributed by atoms with E-state index in [-0.39, 0.29) is 18.1 Å². The van der Waals surface area contributed by atoms with Crippen LogP contribution in [0, 0.1) is 11.6 Å². The average Bonchev–Trinajstić information content (AvgIpc) is 2.97. The van der Waals surface area contributed by atoms with E-state index >= 15 is 0 Å². The molecule has 0 fully saturated rings. The molecule has 0 aliphatic carbocycles. The van der Waals surface area contributed by atoms with Crippen molar-refractivity contribution in [3.05, 3.63) is 99.0 Å². The number of imidazole rings is 1. The number of ether oxygens (including phenoxy) is 1. The third-order valence-electron chi connectivity index (χ3n) is 4.83. The monoisotopic (exact) mass is 376 g/mol. The van der Waals surface area contributed by atoms with Gasteiger partial charge in [-0.15, -0.1) is 0 Å². The van der Waals surface area contributed by atoms with Crippen LogP contribution < -0.4 is 10.4 Å². The lowest BCUT2D eigenvalue weighted by Gasteiger charge is -2.11. The summed E-state index contributed by atoms with van der Waals surface area (Å²) in [4.78, 5) is 17.0. The van der Waals surface area contributed by atoms with Crippen LogP contribution in [0.1, 0.15) is 22.3 Å². The van der Waals surface area contributed by atoms with Gasteiger partial charge in [0.1, 0.15) is 24.0 Å². The second-order valence-electron chi connectivity index (χ2n) is 6.67. The van der Waals surface area contributed by atoms with E-state index in [0.29, 0.717) is 22.3 Å². The molecule has 2 heterocycles. The third kappa shape index (κ3) is 2.79. The van der Waals surface area contributed by atoms with E-state index in [4.69, 9.17) is 4.74 Å². The van der Waals surface area contributed by atoms with Gasteiger partial charge in [-0.2, -0.15) is 0 Å². The number of rotatable bonds is 1. The maximum Gasteiger partial charge on any atom is 0.323 e. The van der Waals surface area contributed by atoms with Crippen molar-refractivity contribution in [1.29, 1.82) is 0 Å². The maximum absolute atomic E-state index is 13.8. The second-order valence-corrected chi connectivity index (χ2v) is 6.67. The molecule has 4 nitrogen and oxygen atoms in total. The molecule has 0 atom stereocenters. The number of H-pyrrole nitrogens is 2. The predicted molar refractivity (Wildman–Crippen MR) is 103 cm³/mol. The Balaban J connectivity index is 1.75. The Labute approximate surface area is 158 Å². The fraction of sp³-hybridized carbons (Fsp3) is 0.0455. The molecule has 0 saturated heterocycles. The Bertz CT molecular complexity index is 1260. The van der Waals surface area contributed by atoms with E-state index in [1.54, 1.807) is 12.1 Å². The molecule has 5 rings (SSSR count). The Kier molecular flexibility index (Phi) is 3.65. The molecule has 4 aromatic rings. The zero-order valence-corrected chi connectivity index (χ0v) is 14.6. The molecule has 1 aliphatic heterocycles. The summed E-state index contributed by atoms with van der Waals surface area (Å²) in [5.41, 5.74) is 4.96. The molecular weight excluding hydrogens is 362 g/mol. The Hall–Kier alpha value is -3.67. The number of fused-ring (bicyclic) bond motifs is 3. The van der Waals surface area contributed by atoms with Gasteiger partial charge >= 0.3 is 5.69 Å². The van der Waals surface area contributed by atoms with Gasteiger partial charge in [0, 0.05) is 17.2 Å². The average molecular weight is 376 g/mol. The zero-order valence-electron chi connectivity index (χ0n) is 14.6. The number of hydrogen-bond acceptors (Lipinski definition) is 2. The smallest absolute Gasteiger partial charge is 0.323 e. The van der Waals surface area contributed by atoms with Crippen LogP contribution in [0.5, 0.6) is 5.75 Å². The van der Waals surface area contributed by atoms with Crippen molar-refractivity contribution in [3.8, 4) is 5.75 Å². The van der Waals surface area contributed by atoms with Crippen LogP contribution in [0.3, 0.4) is 0 Å². The molecule has 2 N–H and O–H groups in total. The lowest BCUT2D eigenvalue weighted by Crippen LogP contribution is -1.99. The first-order chi connectivity index (χ1) is 13.6. The highest BCUT2D eigenvalue weighted by Gasteiger charge is 2.20. The highest BCUT2D eigenvalue weighted by molar-refractivity contribution is 5.95. The fourth-order valence-corrected chi connectivity index (χ4v) is 3.55. The first-order valence-corrected chi connectivity index (χ1v) is 8.72. The van der Waals surface area contributed by atoms with Crippen molar-refractivity contribution in [2.45, 2.75) is 6.61 Å². The SMILES string of the molecule is O=c1[nH]c2ccc(C=C3c4ccc(F)cc4COc4cc(F)ccc43)cc2[nH]1. The number of nitrogens with one attached hydrogen (secondary N) is 2. The van der Waals surface area contributed by atoms with Gasteiger partial charge in [-0.05, 0) is 59.2 Å². The molecule has 0 unspecified atom stereocenters. The molecule has 0 bridgehead atoms. The quantitative estimate of drug-likeness (QED) is 0.509. The van der Waals surface area contributed by atoms with Crippen LogP contribution in [-0.2, 0) is 6.61 Å². The second kappa shape index (κ2) is 6.20. The van der Waals surface area contributed by atoms with Crippen LogP contribution in [0.15, 0.2) is 59.4 Å². The highest BCUT2D eigenvalue weighted by atomic mass is 19.1. The summed E-state index contributed by atoms with van der Waals surface area (Å²) >= 11 is 0. The van der Waals surface area contributed by atoms with Crippen molar-refractivity contribution in [2.24, 2.45) is 0 Å². The van der Waals surface area contributed by atoms with Gasteiger partial charge < -0.3 is 14.7 Å². The first-order valence-electron chi connectivity index (χ1n) is 8.72. The van der Waals surface area contributed by atoms with E-state index in [1.165, 1.54) is 24.3 Å². The van der Waals surface area contributed by atoms with Gasteiger partial charge in [0.15, 0.2) is 0 Å². The minimum Gasteiger partial charge on any atom is -0.488 e. The molecular formula is C22H14F2N2O2. The van der Waals surface area contributed by atoms with E-state index in [0.717, 1.165) is 22.3 Å². The van der Waals surface area contributed by atoms with Gasteiger partial charge in [-0.3, -0.25) is 0 Å². The minimum absolute atomic E-state index is 0.144. The van der Waals surface area contributed by atoms with Gasteiger partial charge in [-0.1, -0.05) is 12.1 Å². The third-order valence-corrected chi connectivity index (χ3v) is 4.83. The number of aromatic amines is 2.